The molecular weight excluding hydrogens is 388 g/mol. The Morgan fingerprint density at radius 1 is 1.03 bits per heavy atom. The normalized spacial score (nSPS) is 22.7. The Kier molecular flexibility index (Phi) is 6.66. The number of hydrogen-bond acceptors (Lipinski definition) is 4. The van der Waals surface area contributed by atoms with E-state index in [1.54, 1.807) is 6.20 Å². The number of carbonyl (C=O) groups excluding carboxylic acids is 2. The number of urea groups is 1. The van der Waals surface area contributed by atoms with Crippen LogP contribution in [0.2, 0.25) is 0 Å². The number of aromatic nitrogens is 1. The van der Waals surface area contributed by atoms with Crippen LogP contribution < -0.4 is 5.32 Å². The van der Waals surface area contributed by atoms with E-state index in [1.807, 2.05) is 48.5 Å². The van der Waals surface area contributed by atoms with Gasteiger partial charge in [0, 0.05) is 31.3 Å². The van der Waals surface area contributed by atoms with Crippen LogP contribution in [0.4, 0.5) is 4.79 Å². The molecule has 2 fully saturated rings. The molecule has 0 aliphatic carbocycles. The van der Waals surface area contributed by atoms with Crippen LogP contribution in [0.3, 0.4) is 0 Å². The highest BCUT2D eigenvalue weighted by Crippen LogP contribution is 2.36. The molecule has 31 heavy (non-hydrogen) atoms. The quantitative estimate of drug-likeness (QED) is 0.666. The molecule has 0 bridgehead atoms. The first-order valence-electron chi connectivity index (χ1n) is 11.4. The number of amides is 3. The molecule has 164 valence electrons. The first-order valence-corrected chi connectivity index (χ1v) is 11.4. The van der Waals surface area contributed by atoms with Gasteiger partial charge in [-0.25, -0.2) is 4.79 Å². The van der Waals surface area contributed by atoms with Gasteiger partial charge in [0.1, 0.15) is 5.54 Å². The van der Waals surface area contributed by atoms with Crippen molar-refractivity contribution in [1.82, 2.24) is 20.1 Å². The fourth-order valence-electron chi connectivity index (χ4n) is 5.04. The molecular formula is C25H32N4O2. The summed E-state index contributed by atoms with van der Waals surface area (Å²) in [4.78, 5) is 35.0. The number of nitrogens with zero attached hydrogens (tertiary/aromatic N) is 3. The third-order valence-electron chi connectivity index (χ3n) is 6.67. The van der Waals surface area contributed by atoms with Crippen molar-refractivity contribution in [2.75, 3.05) is 26.2 Å². The lowest BCUT2D eigenvalue weighted by Gasteiger charge is -2.41. The number of hydrogen-bond donors (Lipinski definition) is 1. The second-order valence-electron chi connectivity index (χ2n) is 8.71. The highest BCUT2D eigenvalue weighted by atomic mass is 16.2. The summed E-state index contributed by atoms with van der Waals surface area (Å²) in [7, 11) is 0. The van der Waals surface area contributed by atoms with Crippen LogP contribution in [0, 0.1) is 5.92 Å². The summed E-state index contributed by atoms with van der Waals surface area (Å²) in [5.74, 6) is 0.0586. The molecule has 6 heteroatoms. The van der Waals surface area contributed by atoms with Gasteiger partial charge < -0.3 is 10.2 Å². The fourth-order valence-corrected chi connectivity index (χ4v) is 5.04. The Labute approximate surface area is 184 Å². The average molecular weight is 421 g/mol. The number of piperidine rings is 1. The molecule has 0 saturated carbocycles. The number of nitrogens with one attached hydrogen (secondary N) is 1. The molecule has 3 heterocycles. The number of benzene rings is 1. The van der Waals surface area contributed by atoms with Gasteiger partial charge in [0.25, 0.3) is 5.91 Å². The van der Waals surface area contributed by atoms with Crippen molar-refractivity contribution in [3.8, 4) is 0 Å². The molecule has 1 atom stereocenters. The Balaban J connectivity index is 1.55. The zero-order valence-electron chi connectivity index (χ0n) is 18.3. The Hall–Kier alpha value is -2.73. The van der Waals surface area contributed by atoms with Gasteiger partial charge in [-0.15, -0.1) is 0 Å². The SMILES string of the molecule is CCCN1CCC([C@]2(Cc3ccccc3)NC(=O)N(CCc3ccccn3)C2=O)CC1. The monoisotopic (exact) mass is 420 g/mol. The second-order valence-corrected chi connectivity index (χ2v) is 8.71. The zero-order chi connectivity index (χ0) is 21.7. The summed E-state index contributed by atoms with van der Waals surface area (Å²) in [6.45, 7) is 5.60. The predicted molar refractivity (Wildman–Crippen MR) is 121 cm³/mol. The van der Waals surface area contributed by atoms with E-state index in [9.17, 15) is 9.59 Å². The minimum absolute atomic E-state index is 0.0776. The molecule has 0 spiro atoms. The molecule has 3 amide bonds. The summed E-state index contributed by atoms with van der Waals surface area (Å²) in [5.41, 5.74) is 1.11. The van der Waals surface area contributed by atoms with Crippen molar-refractivity contribution in [2.24, 2.45) is 5.92 Å². The van der Waals surface area contributed by atoms with Crippen molar-refractivity contribution in [2.45, 2.75) is 44.6 Å². The first-order chi connectivity index (χ1) is 15.1. The van der Waals surface area contributed by atoms with Gasteiger partial charge in [0.2, 0.25) is 0 Å². The van der Waals surface area contributed by atoms with E-state index in [-0.39, 0.29) is 17.9 Å². The van der Waals surface area contributed by atoms with Crippen molar-refractivity contribution in [1.29, 1.82) is 0 Å². The number of imide groups is 1. The van der Waals surface area contributed by atoms with E-state index in [2.05, 4.69) is 22.1 Å². The largest absolute Gasteiger partial charge is 0.325 e. The van der Waals surface area contributed by atoms with Gasteiger partial charge in [-0.1, -0.05) is 43.3 Å². The lowest BCUT2D eigenvalue weighted by molar-refractivity contribution is -0.134. The number of carbonyl (C=O) groups is 2. The lowest BCUT2D eigenvalue weighted by atomic mass is 9.74. The molecule has 1 N–H and O–H groups in total. The van der Waals surface area contributed by atoms with E-state index in [1.165, 1.54) is 4.90 Å². The van der Waals surface area contributed by atoms with Crippen molar-refractivity contribution in [3.05, 3.63) is 66.0 Å². The predicted octanol–water partition coefficient (Wildman–Crippen LogP) is 3.28. The number of likely N-dealkylation sites (tertiary alicyclic amines) is 1. The number of rotatable bonds is 8. The standard InChI is InChI=1S/C25H32N4O2/c1-2-15-28-16-11-21(12-17-28)25(19-20-8-4-3-5-9-20)23(30)29(24(31)27-25)18-13-22-10-6-7-14-26-22/h3-10,14,21H,2,11-13,15-19H2,1H3,(H,27,31)/t25-/m0/s1. The first kappa shape index (κ1) is 21.5. The summed E-state index contributed by atoms with van der Waals surface area (Å²) >= 11 is 0. The molecule has 6 nitrogen and oxygen atoms in total. The summed E-state index contributed by atoms with van der Waals surface area (Å²) in [6, 6.07) is 15.5. The maximum absolute atomic E-state index is 13.8. The van der Waals surface area contributed by atoms with Crippen LogP contribution in [-0.4, -0.2) is 58.4 Å². The maximum Gasteiger partial charge on any atom is 0.325 e. The summed E-state index contributed by atoms with van der Waals surface area (Å²) in [6.07, 6.45) is 5.83. The highest BCUT2D eigenvalue weighted by molar-refractivity contribution is 6.07. The lowest BCUT2D eigenvalue weighted by Crippen LogP contribution is -2.57. The third kappa shape index (κ3) is 4.64. The Morgan fingerprint density at radius 3 is 2.45 bits per heavy atom. The smallest absolute Gasteiger partial charge is 0.322 e. The van der Waals surface area contributed by atoms with Gasteiger partial charge in [0.15, 0.2) is 0 Å². The van der Waals surface area contributed by atoms with Crippen LogP contribution in [0.5, 0.6) is 0 Å². The molecule has 1 aromatic carbocycles. The average Bonchev–Trinajstić information content (AvgIpc) is 3.04. The molecule has 2 aliphatic rings. The van der Waals surface area contributed by atoms with Crippen LogP contribution in [0.25, 0.3) is 0 Å². The summed E-state index contributed by atoms with van der Waals surface area (Å²) in [5, 5.41) is 3.17. The minimum Gasteiger partial charge on any atom is -0.322 e. The van der Waals surface area contributed by atoms with Crippen LogP contribution >= 0.6 is 0 Å². The highest BCUT2D eigenvalue weighted by Gasteiger charge is 2.55. The molecule has 2 aliphatic heterocycles. The minimum atomic E-state index is -0.860. The summed E-state index contributed by atoms with van der Waals surface area (Å²) < 4.78 is 0. The fraction of sp³-hybridized carbons (Fsp3) is 0.480. The van der Waals surface area contributed by atoms with E-state index >= 15 is 0 Å². The molecule has 4 rings (SSSR count). The van der Waals surface area contributed by atoms with Crippen molar-refractivity contribution in [3.63, 3.8) is 0 Å². The maximum atomic E-state index is 13.8. The molecule has 2 saturated heterocycles. The van der Waals surface area contributed by atoms with Gasteiger partial charge >= 0.3 is 6.03 Å². The van der Waals surface area contributed by atoms with Crippen molar-refractivity contribution < 1.29 is 9.59 Å². The van der Waals surface area contributed by atoms with Gasteiger partial charge in [-0.2, -0.15) is 0 Å². The van der Waals surface area contributed by atoms with Crippen molar-refractivity contribution >= 4 is 11.9 Å². The molecule has 0 unspecified atom stereocenters. The van der Waals surface area contributed by atoms with Crippen LogP contribution in [0.1, 0.15) is 37.4 Å². The second kappa shape index (κ2) is 9.60. The zero-order valence-corrected chi connectivity index (χ0v) is 18.3. The van der Waals surface area contributed by atoms with Gasteiger partial charge in [0.05, 0.1) is 0 Å². The Bertz CT molecular complexity index is 881. The van der Waals surface area contributed by atoms with Crippen LogP contribution in [-0.2, 0) is 17.6 Å². The topological polar surface area (TPSA) is 65.5 Å². The van der Waals surface area contributed by atoms with E-state index in [0.29, 0.717) is 19.4 Å². The third-order valence-corrected chi connectivity index (χ3v) is 6.67. The van der Waals surface area contributed by atoms with Crippen LogP contribution in [0.15, 0.2) is 54.7 Å². The van der Waals surface area contributed by atoms with E-state index in [4.69, 9.17) is 0 Å². The Morgan fingerprint density at radius 2 is 1.77 bits per heavy atom. The number of pyridine rings is 1. The molecule has 1 aromatic heterocycles. The van der Waals surface area contributed by atoms with Gasteiger partial charge in [-0.3, -0.25) is 14.7 Å². The van der Waals surface area contributed by atoms with Gasteiger partial charge in [-0.05, 0) is 62.5 Å². The molecule has 2 aromatic rings. The molecule has 0 radical (unpaired) electrons. The van der Waals surface area contributed by atoms with E-state index < -0.39 is 5.54 Å². The van der Waals surface area contributed by atoms with E-state index in [0.717, 1.165) is 50.2 Å².